The van der Waals surface area contributed by atoms with Gasteiger partial charge < -0.3 is 25.3 Å². The molecule has 3 heterocycles. The first-order chi connectivity index (χ1) is 16.9. The Kier molecular flexibility index (Phi) is 6.54. The van der Waals surface area contributed by atoms with Crippen molar-refractivity contribution in [1.82, 2.24) is 20.5 Å². The lowest BCUT2D eigenvalue weighted by Crippen LogP contribution is -2.47. The summed E-state index contributed by atoms with van der Waals surface area (Å²) in [4.78, 5) is 30.4. The van der Waals surface area contributed by atoms with Gasteiger partial charge in [-0.15, -0.1) is 0 Å². The van der Waals surface area contributed by atoms with Crippen molar-refractivity contribution in [2.24, 2.45) is 5.92 Å². The van der Waals surface area contributed by atoms with Crippen molar-refractivity contribution in [3.05, 3.63) is 58.8 Å². The molecule has 3 N–H and O–H groups in total. The second kappa shape index (κ2) is 9.76. The summed E-state index contributed by atoms with van der Waals surface area (Å²) in [6.07, 6.45) is 6.13. The highest BCUT2D eigenvalue weighted by molar-refractivity contribution is 6.20. The minimum Gasteiger partial charge on any atom is -0.493 e. The fourth-order valence-corrected chi connectivity index (χ4v) is 5.04. The smallest absolute Gasteiger partial charge is 0.255 e. The molecule has 0 radical (unpaired) electrons. The van der Waals surface area contributed by atoms with Gasteiger partial charge in [-0.1, -0.05) is 6.92 Å². The molecule has 7 nitrogen and oxygen atoms in total. The fraction of sp³-hybridized carbons (Fsp3) is 0.481. The fourth-order valence-electron chi connectivity index (χ4n) is 5.04. The first-order valence-corrected chi connectivity index (χ1v) is 12.6. The second-order valence-electron chi connectivity index (χ2n) is 9.80. The van der Waals surface area contributed by atoms with E-state index >= 15 is 0 Å². The molecular weight excluding hydrogens is 447 g/mol. The van der Waals surface area contributed by atoms with E-state index in [9.17, 15) is 14.0 Å². The van der Waals surface area contributed by atoms with E-state index in [1.807, 2.05) is 31.0 Å². The molecule has 2 aromatic rings. The Bertz CT molecular complexity index is 1150. The average molecular weight is 481 g/mol. The number of carbonyl (C=O) groups excluding carboxylic acids is 2. The van der Waals surface area contributed by atoms with Gasteiger partial charge >= 0.3 is 0 Å². The Morgan fingerprint density at radius 3 is 2.63 bits per heavy atom. The monoisotopic (exact) mass is 480 g/mol. The summed E-state index contributed by atoms with van der Waals surface area (Å²) in [6.45, 7) is 5.68. The largest absolute Gasteiger partial charge is 0.493 e. The van der Waals surface area contributed by atoms with E-state index in [2.05, 4.69) is 15.6 Å². The molecule has 35 heavy (non-hydrogen) atoms. The van der Waals surface area contributed by atoms with Gasteiger partial charge in [-0.25, -0.2) is 4.39 Å². The first kappa shape index (κ1) is 23.5. The summed E-state index contributed by atoms with van der Waals surface area (Å²) in [5.74, 6) is 0.784. The Morgan fingerprint density at radius 2 is 1.91 bits per heavy atom. The van der Waals surface area contributed by atoms with Gasteiger partial charge in [-0.3, -0.25) is 9.59 Å². The lowest BCUT2D eigenvalue weighted by molar-refractivity contribution is -0.132. The van der Waals surface area contributed by atoms with Gasteiger partial charge in [0.2, 0.25) is 5.91 Å². The zero-order chi connectivity index (χ0) is 24.5. The number of hydrogen-bond donors (Lipinski definition) is 3. The van der Waals surface area contributed by atoms with Crippen LogP contribution in [0.25, 0.3) is 5.57 Å². The molecule has 186 valence electrons. The number of rotatable bonds is 7. The summed E-state index contributed by atoms with van der Waals surface area (Å²) in [5, 5.41) is 6.65. The predicted octanol–water partition coefficient (Wildman–Crippen LogP) is 3.88. The van der Waals surface area contributed by atoms with E-state index in [0.717, 1.165) is 48.2 Å². The van der Waals surface area contributed by atoms with Crippen LogP contribution in [0.15, 0.2) is 36.2 Å². The van der Waals surface area contributed by atoms with Gasteiger partial charge in [-0.2, -0.15) is 0 Å². The maximum absolute atomic E-state index is 14.1. The Hall–Kier alpha value is -3.29. The third kappa shape index (κ3) is 4.92. The number of H-pyrrole nitrogens is 1. The van der Waals surface area contributed by atoms with Crippen LogP contribution in [-0.4, -0.2) is 47.4 Å². The Balaban J connectivity index is 1.34. The lowest BCUT2D eigenvalue weighted by Gasteiger charge is -2.33. The number of aromatic amines is 1. The highest BCUT2D eigenvalue weighted by Crippen LogP contribution is 2.40. The van der Waals surface area contributed by atoms with Gasteiger partial charge in [0.25, 0.3) is 5.91 Å². The van der Waals surface area contributed by atoms with E-state index in [1.54, 1.807) is 6.07 Å². The van der Waals surface area contributed by atoms with Gasteiger partial charge in [0.1, 0.15) is 11.6 Å². The standard InChI is InChI=1S/C27H33FN4O3/c1-3-23(33)32-12-9-19(10-13-32)31-27(34)24-16(2)30-25(21-8-11-29-26(21)24)20-7-6-18(28)14-22(20)35-15-17-4-5-17/h6-8,11,14,17,19,25,29-30H,3-5,9-10,12-13,15H2,1-2H3,(H,31,34). The van der Waals surface area contributed by atoms with Crippen molar-refractivity contribution in [3.8, 4) is 5.75 Å². The van der Waals surface area contributed by atoms with Gasteiger partial charge in [0, 0.05) is 54.6 Å². The number of aromatic nitrogens is 1. The molecule has 2 amide bonds. The minimum absolute atomic E-state index is 0.0272. The number of carbonyl (C=O) groups is 2. The van der Waals surface area contributed by atoms with Crippen LogP contribution in [0.5, 0.6) is 5.75 Å². The zero-order valence-corrected chi connectivity index (χ0v) is 20.3. The summed E-state index contributed by atoms with van der Waals surface area (Å²) in [7, 11) is 0. The third-order valence-corrected chi connectivity index (χ3v) is 7.25. The van der Waals surface area contributed by atoms with Crippen molar-refractivity contribution in [1.29, 1.82) is 0 Å². The van der Waals surface area contributed by atoms with Crippen LogP contribution in [0.3, 0.4) is 0 Å². The van der Waals surface area contributed by atoms with E-state index < -0.39 is 0 Å². The molecular formula is C27H33FN4O3. The van der Waals surface area contributed by atoms with Crippen LogP contribution in [0.2, 0.25) is 0 Å². The molecule has 0 spiro atoms. The molecule has 1 saturated carbocycles. The Morgan fingerprint density at radius 1 is 1.14 bits per heavy atom. The number of nitrogens with zero attached hydrogens (tertiary/aromatic N) is 1. The number of likely N-dealkylation sites (tertiary alicyclic amines) is 1. The predicted molar refractivity (Wildman–Crippen MR) is 131 cm³/mol. The number of benzene rings is 1. The zero-order valence-electron chi connectivity index (χ0n) is 20.3. The number of halogens is 1. The van der Waals surface area contributed by atoms with Crippen molar-refractivity contribution >= 4 is 17.4 Å². The highest BCUT2D eigenvalue weighted by atomic mass is 19.1. The summed E-state index contributed by atoms with van der Waals surface area (Å²) >= 11 is 0. The summed E-state index contributed by atoms with van der Waals surface area (Å²) in [5.41, 5.74) is 3.86. The number of hydrogen-bond acceptors (Lipinski definition) is 4. The van der Waals surface area contributed by atoms with E-state index in [-0.39, 0.29) is 29.7 Å². The summed E-state index contributed by atoms with van der Waals surface area (Å²) in [6, 6.07) is 6.38. The molecule has 3 aliphatic rings. The van der Waals surface area contributed by atoms with Gasteiger partial charge in [0.05, 0.1) is 23.9 Å². The highest BCUT2D eigenvalue weighted by Gasteiger charge is 2.33. The molecule has 1 aromatic heterocycles. The van der Waals surface area contributed by atoms with Crippen molar-refractivity contribution in [3.63, 3.8) is 0 Å². The van der Waals surface area contributed by atoms with Crippen LogP contribution < -0.4 is 15.4 Å². The molecule has 1 unspecified atom stereocenters. The molecule has 8 heteroatoms. The first-order valence-electron chi connectivity index (χ1n) is 12.6. The van der Waals surface area contributed by atoms with Crippen LogP contribution in [-0.2, 0) is 9.59 Å². The normalized spacial score (nSPS) is 20.3. The van der Waals surface area contributed by atoms with Crippen LogP contribution >= 0.6 is 0 Å². The lowest BCUT2D eigenvalue weighted by atomic mass is 9.90. The van der Waals surface area contributed by atoms with Gasteiger partial charge in [-0.05, 0) is 56.7 Å². The van der Waals surface area contributed by atoms with Crippen LogP contribution in [0.1, 0.15) is 68.8 Å². The molecule has 1 saturated heterocycles. The molecule has 1 aliphatic carbocycles. The SMILES string of the molecule is CCC(=O)N1CCC(NC(=O)C2=C(C)NC(c3ccc(F)cc3OCC3CC3)c3cc[nH]c32)CC1. The molecule has 1 aromatic carbocycles. The maximum Gasteiger partial charge on any atom is 0.255 e. The minimum atomic E-state index is -0.330. The molecule has 2 fully saturated rings. The number of amides is 2. The van der Waals surface area contributed by atoms with Crippen LogP contribution in [0, 0.1) is 11.7 Å². The number of allylic oxidation sites excluding steroid dienone is 1. The van der Waals surface area contributed by atoms with Gasteiger partial charge in [0.15, 0.2) is 0 Å². The summed E-state index contributed by atoms with van der Waals surface area (Å²) < 4.78 is 20.1. The molecule has 1 atom stereocenters. The molecule has 0 bridgehead atoms. The van der Waals surface area contributed by atoms with E-state index in [4.69, 9.17) is 4.74 Å². The van der Waals surface area contributed by atoms with Crippen molar-refractivity contribution in [2.45, 2.75) is 58.0 Å². The van der Waals surface area contributed by atoms with Crippen molar-refractivity contribution in [2.75, 3.05) is 19.7 Å². The number of fused-ring (bicyclic) bond motifs is 1. The average Bonchev–Trinajstić information content (AvgIpc) is 3.56. The quantitative estimate of drug-likeness (QED) is 0.561. The number of nitrogens with one attached hydrogen (secondary N) is 3. The second-order valence-corrected chi connectivity index (χ2v) is 9.80. The van der Waals surface area contributed by atoms with Crippen LogP contribution in [0.4, 0.5) is 4.39 Å². The number of ether oxygens (including phenoxy) is 1. The van der Waals surface area contributed by atoms with Crippen molar-refractivity contribution < 1.29 is 18.7 Å². The Labute approximate surface area is 205 Å². The molecule has 2 aliphatic heterocycles. The number of piperidine rings is 1. The van der Waals surface area contributed by atoms with E-state index in [0.29, 0.717) is 43.4 Å². The topological polar surface area (TPSA) is 86.5 Å². The third-order valence-electron chi connectivity index (χ3n) is 7.25. The van der Waals surface area contributed by atoms with E-state index in [1.165, 1.54) is 12.1 Å². The molecule has 5 rings (SSSR count). The maximum atomic E-state index is 14.1.